The highest BCUT2D eigenvalue weighted by Gasteiger charge is 2.49. The topological polar surface area (TPSA) is 116 Å². The molecule has 6 atom stereocenters. The molecule has 2 rings (SSSR count). The number of aliphatic hydroxyl groups is 2. The molecule has 0 bridgehead atoms. The summed E-state index contributed by atoms with van der Waals surface area (Å²) in [6, 6.07) is -1.04. The van der Waals surface area contributed by atoms with E-state index in [1.165, 1.54) is 14.2 Å². The van der Waals surface area contributed by atoms with Crippen LogP contribution in [0.4, 0.5) is 0 Å². The second-order valence-electron chi connectivity index (χ2n) is 7.17. The predicted molar refractivity (Wildman–Crippen MR) is 116 cm³/mol. The molecule has 2 aliphatic heterocycles. The van der Waals surface area contributed by atoms with Crippen molar-refractivity contribution in [1.82, 2.24) is 0 Å². The van der Waals surface area contributed by atoms with Crippen molar-refractivity contribution in [3.63, 3.8) is 0 Å². The van der Waals surface area contributed by atoms with Gasteiger partial charge in [-0.15, -0.1) is 0 Å². The van der Waals surface area contributed by atoms with Gasteiger partial charge >= 0.3 is 6.72 Å². The molecule has 2 radical (unpaired) electrons. The van der Waals surface area contributed by atoms with E-state index in [1.54, 1.807) is 7.28 Å². The molecular formula is C17H31B2O9PS. The van der Waals surface area contributed by atoms with E-state index >= 15 is 0 Å². The van der Waals surface area contributed by atoms with E-state index < -0.39 is 36.5 Å². The lowest BCUT2D eigenvalue weighted by Gasteiger charge is -2.31. The third-order valence-corrected chi connectivity index (χ3v) is 6.59. The average Bonchev–Trinajstić information content (AvgIpc) is 3.15. The van der Waals surface area contributed by atoms with Crippen LogP contribution >= 0.6 is 6.72 Å². The molecule has 30 heavy (non-hydrogen) atoms. The Bertz CT molecular complexity index is 640. The summed E-state index contributed by atoms with van der Waals surface area (Å²) in [5, 5.41) is 21.0. The molecule has 1 fully saturated rings. The third-order valence-electron chi connectivity index (χ3n) is 5.11. The smallest absolute Gasteiger partial charge is 0.377 e. The van der Waals surface area contributed by atoms with Crippen LogP contribution in [0.3, 0.4) is 0 Å². The Labute approximate surface area is 184 Å². The molecular weight excluding hydrogens is 433 g/mol. The largest absolute Gasteiger partial charge is 0.495 e. The van der Waals surface area contributed by atoms with Crippen LogP contribution in [-0.2, 0) is 39.8 Å². The Hall–Kier alpha value is -0.160. The van der Waals surface area contributed by atoms with Crippen molar-refractivity contribution in [2.75, 3.05) is 34.0 Å². The fourth-order valence-electron chi connectivity index (χ4n) is 3.48. The van der Waals surface area contributed by atoms with E-state index in [2.05, 4.69) is 0 Å². The molecule has 2 aliphatic rings. The number of aliphatic hydroxyl groups excluding tert-OH is 2. The van der Waals surface area contributed by atoms with Gasteiger partial charge in [-0.3, -0.25) is 4.52 Å². The first-order chi connectivity index (χ1) is 14.2. The van der Waals surface area contributed by atoms with Crippen molar-refractivity contribution >= 4 is 33.1 Å². The van der Waals surface area contributed by atoms with Gasteiger partial charge in [0.15, 0.2) is 26.1 Å². The summed E-state index contributed by atoms with van der Waals surface area (Å²) in [5.41, 5.74) is -0.969. The molecule has 3 N–H and O–H groups in total. The zero-order valence-electron chi connectivity index (χ0n) is 17.9. The maximum atomic E-state index is 10.6. The van der Waals surface area contributed by atoms with Gasteiger partial charge in [-0.25, -0.2) is 0 Å². The van der Waals surface area contributed by atoms with E-state index in [0.29, 0.717) is 6.32 Å². The van der Waals surface area contributed by atoms with Crippen LogP contribution in [0.5, 0.6) is 0 Å². The summed E-state index contributed by atoms with van der Waals surface area (Å²) in [5.74, 6) is 0.276. The van der Waals surface area contributed by atoms with Gasteiger partial charge in [0.25, 0.3) is 0 Å². The lowest BCUT2D eigenvalue weighted by Crippen LogP contribution is -2.47. The molecule has 0 aromatic carbocycles. The minimum absolute atomic E-state index is 0.0145. The molecule has 0 aliphatic carbocycles. The number of methoxy groups -OCH3 is 2. The quantitative estimate of drug-likeness (QED) is 0.264. The maximum Gasteiger partial charge on any atom is 0.377 e. The summed E-state index contributed by atoms with van der Waals surface area (Å²) in [6.07, 6.45) is -0.318. The van der Waals surface area contributed by atoms with Gasteiger partial charge < -0.3 is 38.6 Å². The third kappa shape index (κ3) is 6.21. The Morgan fingerprint density at radius 1 is 1.20 bits per heavy atom. The summed E-state index contributed by atoms with van der Waals surface area (Å²) in [7, 11) is 6.63. The van der Waals surface area contributed by atoms with Gasteiger partial charge in [0.05, 0.1) is 25.2 Å². The zero-order valence-corrected chi connectivity index (χ0v) is 19.6. The fourth-order valence-corrected chi connectivity index (χ4v) is 4.78. The summed E-state index contributed by atoms with van der Waals surface area (Å²) in [4.78, 5) is 10.5. The van der Waals surface area contributed by atoms with Crippen molar-refractivity contribution < 1.29 is 43.1 Å². The van der Waals surface area contributed by atoms with E-state index in [-0.39, 0.29) is 37.8 Å². The van der Waals surface area contributed by atoms with Crippen molar-refractivity contribution in [1.29, 1.82) is 0 Å². The monoisotopic (exact) mass is 464 g/mol. The van der Waals surface area contributed by atoms with Gasteiger partial charge in [-0.2, -0.15) is 0 Å². The van der Waals surface area contributed by atoms with Gasteiger partial charge in [0.2, 0.25) is 0 Å². The lowest BCUT2D eigenvalue weighted by molar-refractivity contribution is -0.0874. The lowest BCUT2D eigenvalue weighted by atomic mass is 9.65. The van der Waals surface area contributed by atoms with Crippen LogP contribution in [0.1, 0.15) is 20.3 Å². The van der Waals surface area contributed by atoms with Crippen molar-refractivity contribution in [2.24, 2.45) is 0 Å². The highest BCUT2D eigenvalue weighted by Crippen LogP contribution is 2.49. The highest BCUT2D eigenvalue weighted by atomic mass is 32.5. The van der Waals surface area contributed by atoms with E-state index in [0.717, 1.165) is 6.32 Å². The van der Waals surface area contributed by atoms with Crippen molar-refractivity contribution in [3.8, 4) is 0 Å². The molecule has 9 nitrogen and oxygen atoms in total. The van der Waals surface area contributed by atoms with E-state index in [9.17, 15) is 15.1 Å². The Kier molecular flexibility index (Phi) is 10.1. The molecule has 0 saturated carbocycles. The summed E-state index contributed by atoms with van der Waals surface area (Å²) in [6.45, 7) is 0.340. The first-order valence-corrected chi connectivity index (χ1v) is 12.6. The van der Waals surface area contributed by atoms with Crippen molar-refractivity contribution in [2.45, 2.75) is 62.7 Å². The number of hydrogen-bond donors (Lipinski definition) is 3. The standard InChI is InChI=1S/C17H31B2O9PS/c1-5-18-15-12(20)13(11(27-15)9-23-3)28-29(22,30)26-8-7-17(24-4)10-25-16(14(17)21)19-6-2/h12,14-16,20-21H,5-10H2,1-4H3,(H,22,30)/t12?,14?,15-,16-,17?,29?/m1/s1. The van der Waals surface area contributed by atoms with Crippen LogP contribution in [-0.4, -0.2) is 93.5 Å². The molecule has 0 spiro atoms. The normalized spacial score (nSPS) is 33.3. The Balaban J connectivity index is 1.97. The second kappa shape index (κ2) is 11.6. The second-order valence-corrected chi connectivity index (χ2v) is 9.93. The molecule has 0 amide bonds. The number of ether oxygens (including phenoxy) is 4. The number of rotatable bonds is 13. The van der Waals surface area contributed by atoms with E-state index in [1.807, 2.05) is 21.1 Å². The molecule has 13 heteroatoms. The van der Waals surface area contributed by atoms with Gasteiger partial charge in [0.1, 0.15) is 24.4 Å². The Morgan fingerprint density at radius 2 is 1.87 bits per heavy atom. The van der Waals surface area contributed by atoms with Gasteiger partial charge in [0, 0.05) is 32.4 Å². The van der Waals surface area contributed by atoms with E-state index in [4.69, 9.17) is 39.8 Å². The summed E-state index contributed by atoms with van der Waals surface area (Å²) < 4.78 is 32.8. The number of hydrogen-bond acceptors (Lipinski definition) is 9. The minimum Gasteiger partial charge on any atom is -0.495 e. The van der Waals surface area contributed by atoms with Crippen LogP contribution in [0.2, 0.25) is 12.6 Å². The van der Waals surface area contributed by atoms with Crippen LogP contribution in [0.15, 0.2) is 11.5 Å². The first kappa shape index (κ1) is 26.1. The predicted octanol–water partition coefficient (Wildman–Crippen LogP) is 0.589. The Morgan fingerprint density at radius 3 is 2.47 bits per heavy atom. The molecule has 1 saturated heterocycles. The maximum absolute atomic E-state index is 10.6. The van der Waals surface area contributed by atoms with Gasteiger partial charge in [-0.1, -0.05) is 26.5 Å². The van der Waals surface area contributed by atoms with Gasteiger partial charge in [-0.05, 0) is 0 Å². The molecule has 0 aromatic heterocycles. The van der Waals surface area contributed by atoms with Crippen LogP contribution < -0.4 is 0 Å². The van der Waals surface area contributed by atoms with Crippen LogP contribution in [0, 0.1) is 0 Å². The van der Waals surface area contributed by atoms with Crippen molar-refractivity contribution in [3.05, 3.63) is 11.5 Å². The fraction of sp³-hybridized carbons (Fsp3) is 0.882. The highest BCUT2D eigenvalue weighted by molar-refractivity contribution is 8.07. The molecule has 4 unspecified atom stereocenters. The zero-order chi connectivity index (χ0) is 22.4. The van der Waals surface area contributed by atoms with Crippen LogP contribution in [0.25, 0.3) is 0 Å². The minimum atomic E-state index is -3.75. The summed E-state index contributed by atoms with van der Waals surface area (Å²) >= 11 is 5.11. The molecule has 170 valence electrons. The SMILES string of the molecule is CC[B][C@@H]1OC(COC)=C(OP(O)(=S)OCCC2(OC)CO[C@@H]([B]CC)C2O)C1O. The average molecular weight is 464 g/mol. The molecule has 0 aromatic rings. The molecule has 2 heterocycles. The first-order valence-electron chi connectivity index (χ1n) is 9.98.